The van der Waals surface area contributed by atoms with Crippen molar-refractivity contribution in [2.45, 2.75) is 44.7 Å². The molecule has 138 valence electrons. The lowest BCUT2D eigenvalue weighted by molar-refractivity contribution is -0.136. The van der Waals surface area contributed by atoms with Crippen molar-refractivity contribution in [3.8, 4) is 0 Å². The number of likely N-dealkylation sites (N-methyl/N-ethyl adjacent to an activating group) is 1. The second-order valence-corrected chi connectivity index (χ2v) is 7.43. The molecule has 3 rings (SSSR count). The minimum absolute atomic E-state index is 0.0530. The van der Waals surface area contributed by atoms with Crippen LogP contribution in [0.5, 0.6) is 0 Å². The smallest absolute Gasteiger partial charge is 0.239 e. The summed E-state index contributed by atoms with van der Waals surface area (Å²) in [6.45, 7) is 5.21. The first-order valence-electron chi connectivity index (χ1n) is 9.59. The normalized spacial score (nSPS) is 23.9. The van der Waals surface area contributed by atoms with Gasteiger partial charge in [-0.25, -0.2) is 4.39 Å². The van der Waals surface area contributed by atoms with Crippen LogP contribution < -0.4 is 0 Å². The van der Waals surface area contributed by atoms with E-state index < -0.39 is 0 Å². The molecule has 0 aromatic heterocycles. The van der Waals surface area contributed by atoms with E-state index in [9.17, 15) is 9.18 Å². The Kier molecular flexibility index (Phi) is 6.43. The van der Waals surface area contributed by atoms with Gasteiger partial charge in [0.1, 0.15) is 5.82 Å². The lowest BCUT2D eigenvalue weighted by atomic mass is 10.1. The second-order valence-electron chi connectivity index (χ2n) is 7.43. The summed E-state index contributed by atoms with van der Waals surface area (Å²) in [4.78, 5) is 19.6. The van der Waals surface area contributed by atoms with Crippen molar-refractivity contribution >= 4 is 5.91 Å². The van der Waals surface area contributed by atoms with Gasteiger partial charge in [-0.3, -0.25) is 14.6 Å². The van der Waals surface area contributed by atoms with Crippen LogP contribution in [0.4, 0.5) is 4.39 Å². The summed E-state index contributed by atoms with van der Waals surface area (Å²) in [6.07, 6.45) is 5.55. The zero-order valence-corrected chi connectivity index (χ0v) is 15.3. The van der Waals surface area contributed by atoms with E-state index in [0.717, 1.165) is 64.1 Å². The highest BCUT2D eigenvalue weighted by atomic mass is 19.1. The molecule has 0 saturated carbocycles. The molecule has 1 aromatic carbocycles. The van der Waals surface area contributed by atoms with Crippen LogP contribution in [0.1, 0.15) is 37.7 Å². The fourth-order valence-electron chi connectivity index (χ4n) is 4.02. The average molecular weight is 347 g/mol. The molecule has 4 nitrogen and oxygen atoms in total. The molecule has 0 unspecified atom stereocenters. The van der Waals surface area contributed by atoms with Crippen LogP contribution in [0, 0.1) is 5.82 Å². The number of hydrogen-bond donors (Lipinski definition) is 0. The van der Waals surface area contributed by atoms with Gasteiger partial charge in [-0.1, -0.05) is 25.0 Å². The first kappa shape index (κ1) is 18.3. The fourth-order valence-corrected chi connectivity index (χ4v) is 4.02. The zero-order valence-electron chi connectivity index (χ0n) is 15.3. The van der Waals surface area contributed by atoms with Crippen molar-refractivity contribution in [2.24, 2.45) is 0 Å². The summed E-state index contributed by atoms with van der Waals surface area (Å²) in [5.41, 5.74) is 1.00. The van der Waals surface area contributed by atoms with E-state index in [2.05, 4.69) is 21.7 Å². The number of carbonyl (C=O) groups excluding carboxylic acids is 1. The summed E-state index contributed by atoms with van der Waals surface area (Å²) in [6, 6.07) is 6.87. The minimum Gasteiger partial charge on any atom is -0.340 e. The highest BCUT2D eigenvalue weighted by Gasteiger charge is 2.29. The van der Waals surface area contributed by atoms with Crippen LogP contribution in [-0.4, -0.2) is 66.4 Å². The Morgan fingerprint density at radius 2 is 1.96 bits per heavy atom. The average Bonchev–Trinajstić information content (AvgIpc) is 2.95. The van der Waals surface area contributed by atoms with Crippen LogP contribution in [0.2, 0.25) is 0 Å². The number of amides is 1. The molecule has 0 aliphatic carbocycles. The number of hydrogen-bond acceptors (Lipinski definition) is 3. The molecular weight excluding hydrogens is 317 g/mol. The first-order chi connectivity index (χ1) is 12.1. The van der Waals surface area contributed by atoms with Gasteiger partial charge in [0, 0.05) is 32.7 Å². The Morgan fingerprint density at radius 1 is 1.08 bits per heavy atom. The predicted octanol–water partition coefficient (Wildman–Crippen LogP) is 2.73. The number of rotatable bonds is 3. The van der Waals surface area contributed by atoms with Crippen molar-refractivity contribution in [3.63, 3.8) is 0 Å². The third-order valence-electron chi connectivity index (χ3n) is 5.50. The van der Waals surface area contributed by atoms with Crippen LogP contribution >= 0.6 is 0 Å². The van der Waals surface area contributed by atoms with E-state index >= 15 is 0 Å². The van der Waals surface area contributed by atoms with Gasteiger partial charge in [0.15, 0.2) is 0 Å². The maximum absolute atomic E-state index is 13.4. The standard InChI is InChI=1S/C20H30FN3O/c1-22-10-4-2-3-9-19(22)20(25)24-12-6-11-23(13-14-24)16-17-7-5-8-18(21)15-17/h5,7-8,15,19H,2-4,6,9-14,16H2,1H3/t19-/m1/s1. The van der Waals surface area contributed by atoms with Crippen LogP contribution in [0.15, 0.2) is 24.3 Å². The Labute approximate surface area is 150 Å². The van der Waals surface area contributed by atoms with E-state index in [1.54, 1.807) is 12.1 Å². The summed E-state index contributed by atoms with van der Waals surface area (Å²) in [5.74, 6) is 0.123. The number of halogens is 1. The number of carbonyl (C=O) groups is 1. The Morgan fingerprint density at radius 3 is 2.80 bits per heavy atom. The van der Waals surface area contributed by atoms with Crippen molar-refractivity contribution in [1.82, 2.24) is 14.7 Å². The molecule has 1 aromatic rings. The molecule has 1 amide bonds. The molecule has 2 aliphatic heterocycles. The SMILES string of the molecule is CN1CCCCC[C@@H]1C(=O)N1CCCN(Cc2cccc(F)c2)CC1. The summed E-state index contributed by atoms with van der Waals surface area (Å²) >= 11 is 0. The molecule has 2 aliphatic rings. The monoisotopic (exact) mass is 347 g/mol. The van der Waals surface area contributed by atoms with Gasteiger partial charge in [-0.2, -0.15) is 0 Å². The Hall–Kier alpha value is -1.46. The van der Waals surface area contributed by atoms with Gasteiger partial charge >= 0.3 is 0 Å². The number of benzene rings is 1. The summed E-state index contributed by atoms with van der Waals surface area (Å²) in [7, 11) is 2.09. The molecule has 0 spiro atoms. The highest BCUT2D eigenvalue weighted by molar-refractivity contribution is 5.82. The Bertz CT molecular complexity index is 580. The molecular formula is C20H30FN3O. The van der Waals surface area contributed by atoms with Crippen molar-refractivity contribution in [1.29, 1.82) is 0 Å². The van der Waals surface area contributed by atoms with Gasteiger partial charge in [0.05, 0.1) is 6.04 Å². The second kappa shape index (κ2) is 8.77. The molecule has 2 heterocycles. The minimum atomic E-state index is -0.180. The molecule has 1 atom stereocenters. The van der Waals surface area contributed by atoms with E-state index in [4.69, 9.17) is 0 Å². The van der Waals surface area contributed by atoms with Gasteiger partial charge in [-0.15, -0.1) is 0 Å². The molecule has 0 N–H and O–H groups in total. The van der Waals surface area contributed by atoms with Gasteiger partial charge < -0.3 is 4.90 Å². The molecule has 2 saturated heterocycles. The summed E-state index contributed by atoms with van der Waals surface area (Å²) in [5, 5.41) is 0. The van der Waals surface area contributed by atoms with Gasteiger partial charge in [0.25, 0.3) is 0 Å². The summed E-state index contributed by atoms with van der Waals surface area (Å²) < 4.78 is 13.4. The quantitative estimate of drug-likeness (QED) is 0.841. The van der Waals surface area contributed by atoms with Crippen molar-refractivity contribution in [2.75, 3.05) is 39.8 Å². The van der Waals surface area contributed by atoms with Gasteiger partial charge in [-0.05, 0) is 50.6 Å². The number of nitrogens with zero attached hydrogens (tertiary/aromatic N) is 3. The zero-order chi connectivity index (χ0) is 17.6. The molecule has 0 bridgehead atoms. The van der Waals surface area contributed by atoms with Crippen molar-refractivity contribution in [3.05, 3.63) is 35.6 Å². The fraction of sp³-hybridized carbons (Fsp3) is 0.650. The van der Waals surface area contributed by atoms with Crippen molar-refractivity contribution < 1.29 is 9.18 Å². The van der Waals surface area contributed by atoms with Crippen LogP contribution in [-0.2, 0) is 11.3 Å². The van der Waals surface area contributed by atoms with Crippen LogP contribution in [0.25, 0.3) is 0 Å². The molecule has 0 radical (unpaired) electrons. The highest BCUT2D eigenvalue weighted by Crippen LogP contribution is 2.18. The molecule has 2 fully saturated rings. The maximum atomic E-state index is 13.4. The Balaban J connectivity index is 1.56. The largest absolute Gasteiger partial charge is 0.340 e. The lowest BCUT2D eigenvalue weighted by Gasteiger charge is -2.30. The van der Waals surface area contributed by atoms with E-state index in [1.807, 2.05) is 6.07 Å². The third kappa shape index (κ3) is 5.02. The topological polar surface area (TPSA) is 26.8 Å². The molecule has 5 heteroatoms. The third-order valence-corrected chi connectivity index (χ3v) is 5.50. The van der Waals surface area contributed by atoms with Crippen LogP contribution in [0.3, 0.4) is 0 Å². The van der Waals surface area contributed by atoms with Gasteiger partial charge in [0.2, 0.25) is 5.91 Å². The van der Waals surface area contributed by atoms with E-state index in [0.29, 0.717) is 5.91 Å². The first-order valence-corrected chi connectivity index (χ1v) is 9.59. The maximum Gasteiger partial charge on any atom is 0.239 e. The lowest BCUT2D eigenvalue weighted by Crippen LogP contribution is -2.48. The van der Waals surface area contributed by atoms with E-state index in [1.165, 1.54) is 18.9 Å². The molecule has 25 heavy (non-hydrogen) atoms. The van der Waals surface area contributed by atoms with E-state index in [-0.39, 0.29) is 11.9 Å². The predicted molar refractivity (Wildman–Crippen MR) is 97.8 cm³/mol. The number of likely N-dealkylation sites (tertiary alicyclic amines) is 1.